The summed E-state index contributed by atoms with van der Waals surface area (Å²) in [6.07, 6.45) is 3.59. The molecule has 4 aromatic rings. The van der Waals surface area contributed by atoms with Crippen molar-refractivity contribution >= 4 is 17.4 Å². The molecule has 0 atom stereocenters. The van der Waals surface area contributed by atoms with E-state index < -0.39 is 0 Å². The minimum Gasteiger partial charge on any atom is -0.366 e. The summed E-state index contributed by atoms with van der Waals surface area (Å²) in [4.78, 5) is 16.0. The Morgan fingerprint density at radius 3 is 2.00 bits per heavy atom. The van der Waals surface area contributed by atoms with Crippen LogP contribution in [-0.2, 0) is 0 Å². The maximum absolute atomic E-state index is 13.0. The van der Waals surface area contributed by atoms with E-state index in [1.54, 1.807) is 6.20 Å². The van der Waals surface area contributed by atoms with Crippen LogP contribution in [0.25, 0.3) is 22.3 Å². The second-order valence-electron chi connectivity index (χ2n) is 6.06. The number of halogens is 1. The van der Waals surface area contributed by atoms with Crippen LogP contribution in [0.2, 0.25) is 5.02 Å². The van der Waals surface area contributed by atoms with Crippen molar-refractivity contribution in [3.05, 3.63) is 107 Å². The minimum absolute atomic E-state index is 0.00388. The Labute approximate surface area is 157 Å². The van der Waals surface area contributed by atoms with Gasteiger partial charge in [-0.05, 0) is 28.8 Å². The number of aromatic nitrogens is 1. The third kappa shape index (κ3) is 3.19. The lowest BCUT2D eigenvalue weighted by Gasteiger charge is -2.06. The van der Waals surface area contributed by atoms with Crippen molar-refractivity contribution in [2.75, 3.05) is 0 Å². The zero-order valence-electron chi connectivity index (χ0n) is 13.9. The van der Waals surface area contributed by atoms with E-state index in [4.69, 9.17) is 11.6 Å². The van der Waals surface area contributed by atoms with Crippen molar-refractivity contribution in [3.8, 4) is 22.3 Å². The molecule has 3 heteroatoms. The Kier molecular flexibility index (Phi) is 4.42. The number of benzene rings is 3. The van der Waals surface area contributed by atoms with E-state index in [9.17, 15) is 4.79 Å². The van der Waals surface area contributed by atoms with Gasteiger partial charge in [-0.25, -0.2) is 0 Å². The molecule has 26 heavy (non-hydrogen) atoms. The zero-order valence-corrected chi connectivity index (χ0v) is 14.7. The normalized spacial score (nSPS) is 10.7. The van der Waals surface area contributed by atoms with E-state index in [2.05, 4.69) is 17.1 Å². The van der Waals surface area contributed by atoms with E-state index in [-0.39, 0.29) is 5.78 Å². The van der Waals surface area contributed by atoms with Crippen LogP contribution >= 0.6 is 11.6 Å². The molecular weight excluding hydrogens is 342 g/mol. The summed E-state index contributed by atoms with van der Waals surface area (Å²) >= 11 is 5.96. The molecule has 2 nitrogen and oxygen atoms in total. The van der Waals surface area contributed by atoms with Gasteiger partial charge in [-0.2, -0.15) is 0 Å². The largest absolute Gasteiger partial charge is 0.366 e. The molecular formula is C23H16ClNO. The molecule has 4 rings (SSSR count). The highest BCUT2D eigenvalue weighted by molar-refractivity contribution is 6.30. The molecule has 0 saturated heterocycles. The van der Waals surface area contributed by atoms with Crippen LogP contribution in [0.3, 0.4) is 0 Å². The maximum atomic E-state index is 13.0. The van der Waals surface area contributed by atoms with Gasteiger partial charge >= 0.3 is 0 Å². The predicted molar refractivity (Wildman–Crippen MR) is 107 cm³/mol. The quantitative estimate of drug-likeness (QED) is 0.431. The molecule has 0 aliphatic carbocycles. The average Bonchev–Trinajstić information content (AvgIpc) is 3.19. The van der Waals surface area contributed by atoms with E-state index in [1.165, 1.54) is 0 Å². The molecule has 1 heterocycles. The molecule has 3 aromatic carbocycles. The number of carbonyl (C=O) groups is 1. The van der Waals surface area contributed by atoms with Gasteiger partial charge in [0.05, 0.1) is 0 Å². The van der Waals surface area contributed by atoms with Gasteiger partial charge in [0, 0.05) is 34.1 Å². The predicted octanol–water partition coefficient (Wildman–Crippen LogP) is 6.23. The summed E-state index contributed by atoms with van der Waals surface area (Å²) in [6.45, 7) is 0. The number of aromatic amines is 1. The van der Waals surface area contributed by atoms with Crippen molar-refractivity contribution in [2.45, 2.75) is 0 Å². The lowest BCUT2D eigenvalue weighted by atomic mass is 9.96. The first kappa shape index (κ1) is 16.4. The molecule has 0 radical (unpaired) electrons. The molecule has 0 spiro atoms. The molecule has 1 N–H and O–H groups in total. The number of hydrogen-bond acceptors (Lipinski definition) is 1. The van der Waals surface area contributed by atoms with Gasteiger partial charge < -0.3 is 4.98 Å². The fourth-order valence-electron chi connectivity index (χ4n) is 3.02. The van der Waals surface area contributed by atoms with Crippen LogP contribution in [-0.4, -0.2) is 10.8 Å². The highest BCUT2D eigenvalue weighted by atomic mass is 35.5. The van der Waals surface area contributed by atoms with Gasteiger partial charge in [-0.15, -0.1) is 0 Å². The second kappa shape index (κ2) is 7.03. The summed E-state index contributed by atoms with van der Waals surface area (Å²) in [5.41, 5.74) is 5.38. The summed E-state index contributed by atoms with van der Waals surface area (Å²) in [5.74, 6) is -0.00388. The highest BCUT2D eigenvalue weighted by Crippen LogP contribution is 2.27. The van der Waals surface area contributed by atoms with Crippen molar-refractivity contribution in [1.82, 2.24) is 4.98 Å². The fraction of sp³-hybridized carbons (Fsp3) is 0. The first-order valence-corrected chi connectivity index (χ1v) is 8.73. The van der Waals surface area contributed by atoms with Crippen molar-refractivity contribution < 1.29 is 4.79 Å². The first-order chi connectivity index (χ1) is 12.7. The van der Waals surface area contributed by atoms with Gasteiger partial charge in [0.25, 0.3) is 0 Å². The van der Waals surface area contributed by atoms with Crippen molar-refractivity contribution in [3.63, 3.8) is 0 Å². The number of nitrogens with one attached hydrogen (secondary N) is 1. The van der Waals surface area contributed by atoms with Crippen LogP contribution in [0, 0.1) is 0 Å². The summed E-state index contributed by atoms with van der Waals surface area (Å²) < 4.78 is 0. The molecule has 126 valence electrons. The Bertz CT molecular complexity index is 1030. The number of ketones is 1. The van der Waals surface area contributed by atoms with E-state index in [0.717, 1.165) is 22.3 Å². The van der Waals surface area contributed by atoms with Crippen LogP contribution in [0.1, 0.15) is 15.9 Å². The van der Waals surface area contributed by atoms with Gasteiger partial charge in [0.1, 0.15) is 0 Å². The topological polar surface area (TPSA) is 32.9 Å². The SMILES string of the molecule is O=C(c1ccc(-c2ccccc2)cc1)c1c[nH]cc1-c1ccc(Cl)cc1. The third-order valence-electron chi connectivity index (χ3n) is 4.40. The summed E-state index contributed by atoms with van der Waals surface area (Å²) in [6, 6.07) is 25.3. The number of hydrogen-bond donors (Lipinski definition) is 1. The average molecular weight is 358 g/mol. The molecule has 0 saturated carbocycles. The van der Waals surface area contributed by atoms with E-state index in [0.29, 0.717) is 16.1 Å². The van der Waals surface area contributed by atoms with Gasteiger partial charge in [0.2, 0.25) is 0 Å². The number of rotatable bonds is 4. The molecule has 0 fully saturated rings. The Morgan fingerprint density at radius 1 is 0.692 bits per heavy atom. The maximum Gasteiger partial charge on any atom is 0.195 e. The van der Waals surface area contributed by atoms with E-state index in [1.807, 2.05) is 72.9 Å². The second-order valence-corrected chi connectivity index (χ2v) is 6.50. The van der Waals surface area contributed by atoms with Gasteiger partial charge in [-0.3, -0.25) is 4.79 Å². The fourth-order valence-corrected chi connectivity index (χ4v) is 3.15. The minimum atomic E-state index is -0.00388. The lowest BCUT2D eigenvalue weighted by molar-refractivity contribution is 0.103. The van der Waals surface area contributed by atoms with Crippen molar-refractivity contribution in [2.24, 2.45) is 0 Å². The first-order valence-electron chi connectivity index (χ1n) is 8.35. The molecule has 0 amide bonds. The van der Waals surface area contributed by atoms with Crippen molar-refractivity contribution in [1.29, 1.82) is 0 Å². The Morgan fingerprint density at radius 2 is 1.31 bits per heavy atom. The number of H-pyrrole nitrogens is 1. The number of carbonyl (C=O) groups excluding carboxylic acids is 1. The zero-order chi connectivity index (χ0) is 17.9. The van der Waals surface area contributed by atoms with Gasteiger partial charge in [-0.1, -0.05) is 78.3 Å². The van der Waals surface area contributed by atoms with Crippen LogP contribution in [0.15, 0.2) is 91.3 Å². The molecule has 0 aliphatic heterocycles. The monoisotopic (exact) mass is 357 g/mol. The molecule has 1 aromatic heterocycles. The van der Waals surface area contributed by atoms with E-state index >= 15 is 0 Å². The summed E-state index contributed by atoms with van der Waals surface area (Å²) in [5, 5.41) is 0.675. The molecule has 0 aliphatic rings. The Balaban J connectivity index is 1.65. The highest BCUT2D eigenvalue weighted by Gasteiger charge is 2.16. The standard InChI is InChI=1S/C23H16ClNO/c24-20-12-10-18(11-13-20)21-14-25-15-22(21)23(26)19-8-6-17(7-9-19)16-4-2-1-3-5-16/h1-15,25H. The van der Waals surface area contributed by atoms with Crippen LogP contribution in [0.5, 0.6) is 0 Å². The lowest BCUT2D eigenvalue weighted by Crippen LogP contribution is -2.01. The molecule has 0 unspecified atom stereocenters. The Hall–Kier alpha value is -3.10. The third-order valence-corrected chi connectivity index (χ3v) is 4.65. The molecule has 0 bridgehead atoms. The smallest absolute Gasteiger partial charge is 0.195 e. The van der Waals surface area contributed by atoms with Crippen LogP contribution < -0.4 is 0 Å². The van der Waals surface area contributed by atoms with Gasteiger partial charge in [0.15, 0.2) is 5.78 Å². The summed E-state index contributed by atoms with van der Waals surface area (Å²) in [7, 11) is 0. The van der Waals surface area contributed by atoms with Crippen LogP contribution in [0.4, 0.5) is 0 Å².